The molecular weight excluding hydrogens is 477 g/mol. The van der Waals surface area contributed by atoms with Crippen LogP contribution in [0.15, 0.2) is 42.6 Å². The van der Waals surface area contributed by atoms with Gasteiger partial charge in [0, 0.05) is 17.8 Å². The number of nitrogens with one attached hydrogen (secondary N) is 2. The molecule has 1 aliphatic carbocycles. The van der Waals surface area contributed by atoms with Crippen LogP contribution in [0, 0.1) is 17.0 Å². The van der Waals surface area contributed by atoms with Crippen molar-refractivity contribution in [1.29, 1.82) is 0 Å². The van der Waals surface area contributed by atoms with Gasteiger partial charge in [-0.25, -0.2) is 4.52 Å². The number of hydrogen-bond donors (Lipinski definition) is 2. The minimum Gasteiger partial charge on any atom is -0.579 e. The van der Waals surface area contributed by atoms with Crippen molar-refractivity contribution in [2.24, 2.45) is 11.8 Å². The largest absolute Gasteiger partial charge is 0.579 e. The number of pyridine rings is 1. The molecule has 2 aliphatic rings. The van der Waals surface area contributed by atoms with Crippen molar-refractivity contribution in [3.63, 3.8) is 0 Å². The second-order valence-corrected chi connectivity index (χ2v) is 10.4. The molecule has 36 heavy (non-hydrogen) atoms. The number of aromatic nitrogens is 3. The van der Waals surface area contributed by atoms with E-state index in [1.165, 1.54) is 12.1 Å². The predicted molar refractivity (Wildman–Crippen MR) is 125 cm³/mol. The van der Waals surface area contributed by atoms with E-state index >= 15 is 0 Å². The Labute approximate surface area is 206 Å². The van der Waals surface area contributed by atoms with Gasteiger partial charge in [-0.1, -0.05) is 12.1 Å². The lowest BCUT2D eigenvalue weighted by atomic mass is 9.93. The SMILES string of the molecule is CC(C)(C)O[NH+]([O-])N1CC2CC[C@@H](C1)C2Nc1nc2c(-c3ccc(OC(F)(F)F)cc3)cccn2n1. The molecule has 2 fully saturated rings. The molecule has 2 bridgehead atoms. The van der Waals surface area contributed by atoms with Gasteiger partial charge in [0.25, 0.3) is 0 Å². The van der Waals surface area contributed by atoms with Gasteiger partial charge in [-0.2, -0.15) is 9.82 Å². The summed E-state index contributed by atoms with van der Waals surface area (Å²) >= 11 is 0. The molecule has 0 spiro atoms. The maximum absolute atomic E-state index is 12.6. The highest BCUT2D eigenvalue weighted by Crippen LogP contribution is 2.38. The smallest absolute Gasteiger partial charge is 0.573 e. The molecule has 4 atom stereocenters. The first-order chi connectivity index (χ1) is 16.9. The van der Waals surface area contributed by atoms with Crippen molar-refractivity contribution in [3.8, 4) is 16.9 Å². The van der Waals surface area contributed by atoms with E-state index in [0.717, 1.165) is 18.4 Å². The van der Waals surface area contributed by atoms with Crippen molar-refractivity contribution in [1.82, 2.24) is 19.6 Å². The first kappa shape index (κ1) is 24.8. The summed E-state index contributed by atoms with van der Waals surface area (Å²) in [6, 6.07) is 9.47. The average molecular weight is 507 g/mol. The number of ether oxygens (including phenoxy) is 1. The summed E-state index contributed by atoms with van der Waals surface area (Å²) in [4.78, 5) is 10.2. The van der Waals surface area contributed by atoms with E-state index in [-0.39, 0.29) is 29.0 Å². The van der Waals surface area contributed by atoms with E-state index in [1.807, 2.05) is 32.9 Å². The zero-order chi connectivity index (χ0) is 25.7. The van der Waals surface area contributed by atoms with Gasteiger partial charge in [0.2, 0.25) is 5.95 Å². The van der Waals surface area contributed by atoms with Crippen LogP contribution in [-0.4, -0.2) is 50.7 Å². The quantitative estimate of drug-likeness (QED) is 0.495. The number of halogens is 3. The molecule has 3 aromatic rings. The summed E-state index contributed by atoms with van der Waals surface area (Å²) in [5.41, 5.74) is 1.48. The van der Waals surface area contributed by atoms with E-state index in [9.17, 15) is 18.4 Å². The topological polar surface area (TPSA) is 91.4 Å². The fourth-order valence-corrected chi connectivity index (χ4v) is 5.11. The Morgan fingerprint density at radius 1 is 1.06 bits per heavy atom. The minimum atomic E-state index is -4.74. The number of benzene rings is 1. The summed E-state index contributed by atoms with van der Waals surface area (Å²) in [5, 5.41) is 22.2. The average Bonchev–Trinajstić information content (AvgIpc) is 3.28. The first-order valence-corrected chi connectivity index (χ1v) is 11.9. The molecule has 12 heteroatoms. The van der Waals surface area contributed by atoms with Gasteiger partial charge in [-0.05, 0) is 75.3 Å². The van der Waals surface area contributed by atoms with Gasteiger partial charge in [0.05, 0.1) is 13.1 Å². The Bertz CT molecular complexity index is 1200. The number of alkyl halides is 3. The molecule has 9 nitrogen and oxygen atoms in total. The normalized spacial score (nSPS) is 23.7. The van der Waals surface area contributed by atoms with E-state index in [1.54, 1.807) is 27.9 Å². The van der Waals surface area contributed by atoms with Crippen LogP contribution in [0.5, 0.6) is 5.75 Å². The van der Waals surface area contributed by atoms with Crippen LogP contribution in [0.1, 0.15) is 33.6 Å². The molecular formula is C24H29F3N6O3. The zero-order valence-electron chi connectivity index (χ0n) is 20.2. The third-order valence-corrected chi connectivity index (χ3v) is 6.54. The minimum absolute atomic E-state index is 0.142. The Morgan fingerprint density at radius 2 is 1.72 bits per heavy atom. The Balaban J connectivity index is 1.31. The van der Waals surface area contributed by atoms with Crippen LogP contribution in [0.25, 0.3) is 16.8 Å². The maximum Gasteiger partial charge on any atom is 0.573 e. The molecule has 3 heterocycles. The number of piperidine rings is 1. The number of rotatable bonds is 6. The van der Waals surface area contributed by atoms with E-state index in [2.05, 4.69) is 20.1 Å². The zero-order valence-corrected chi connectivity index (χ0v) is 20.2. The van der Waals surface area contributed by atoms with Gasteiger partial charge in [-0.3, -0.25) is 0 Å². The van der Waals surface area contributed by atoms with Crippen LogP contribution >= 0.6 is 0 Å². The summed E-state index contributed by atoms with van der Waals surface area (Å²) in [6.07, 6.45) is -0.950. The number of anilines is 1. The molecule has 3 unspecified atom stereocenters. The van der Waals surface area contributed by atoms with Crippen molar-refractivity contribution in [2.45, 2.75) is 51.6 Å². The van der Waals surface area contributed by atoms with Gasteiger partial charge < -0.3 is 15.3 Å². The molecule has 5 rings (SSSR count). The van der Waals surface area contributed by atoms with Crippen LogP contribution in [-0.2, 0) is 4.84 Å². The van der Waals surface area contributed by atoms with Crippen LogP contribution in [0.2, 0.25) is 0 Å². The van der Waals surface area contributed by atoms with Gasteiger partial charge in [-0.15, -0.1) is 28.6 Å². The second kappa shape index (κ2) is 9.18. The molecule has 0 amide bonds. The lowest BCUT2D eigenvalue weighted by molar-refractivity contribution is -1.15. The summed E-state index contributed by atoms with van der Waals surface area (Å²) in [6.45, 7) is 6.83. The highest BCUT2D eigenvalue weighted by atomic mass is 19.4. The van der Waals surface area contributed by atoms with Gasteiger partial charge >= 0.3 is 6.36 Å². The molecule has 1 saturated heterocycles. The van der Waals surface area contributed by atoms with Crippen LogP contribution in [0.4, 0.5) is 19.1 Å². The number of fused-ring (bicyclic) bond motifs is 3. The highest BCUT2D eigenvalue weighted by molar-refractivity contribution is 5.78. The van der Waals surface area contributed by atoms with Crippen molar-refractivity contribution >= 4 is 11.6 Å². The Morgan fingerprint density at radius 3 is 2.33 bits per heavy atom. The summed E-state index contributed by atoms with van der Waals surface area (Å²) in [7, 11) is 0. The van der Waals surface area contributed by atoms with Crippen molar-refractivity contribution in [3.05, 3.63) is 47.8 Å². The molecule has 194 valence electrons. The van der Waals surface area contributed by atoms with E-state index in [4.69, 9.17) is 4.84 Å². The van der Waals surface area contributed by atoms with Crippen LogP contribution < -0.4 is 15.4 Å². The third-order valence-electron chi connectivity index (χ3n) is 6.54. The second-order valence-electron chi connectivity index (χ2n) is 10.4. The lowest BCUT2D eigenvalue weighted by Crippen LogP contribution is -3.15. The molecule has 2 aromatic heterocycles. The number of hydrogen-bond acceptors (Lipinski definition) is 7. The molecule has 1 saturated carbocycles. The highest BCUT2D eigenvalue weighted by Gasteiger charge is 2.45. The van der Waals surface area contributed by atoms with E-state index < -0.39 is 12.0 Å². The summed E-state index contributed by atoms with van der Waals surface area (Å²) < 4.78 is 43.0. The van der Waals surface area contributed by atoms with Gasteiger partial charge in [0.1, 0.15) is 11.4 Å². The predicted octanol–water partition coefficient (Wildman–Crippen LogP) is 3.45. The first-order valence-electron chi connectivity index (χ1n) is 11.9. The monoisotopic (exact) mass is 506 g/mol. The lowest BCUT2D eigenvalue weighted by Gasteiger charge is -2.42. The third kappa shape index (κ3) is 5.41. The molecule has 1 aliphatic heterocycles. The number of nitrogens with zero attached hydrogens (tertiary/aromatic N) is 4. The standard InChI is InChI=1S/C24H29F3N6O3/c1-23(2,3)36-33(34)31-13-16-6-7-17(14-31)20(16)28-22-29-21-19(5-4-12-32(21)30-22)15-8-10-18(11-9-15)35-24(25,26)27/h4-5,8-12,16-17,20,33H,6-7,13-14H2,1-3H3,(H,28,30)/t16-,17?,20?/m0/s1. The Hall–Kier alpha value is -2.93. The van der Waals surface area contributed by atoms with Crippen molar-refractivity contribution in [2.75, 3.05) is 18.4 Å². The fraction of sp³-hybridized carbons (Fsp3) is 0.500. The molecule has 0 radical (unpaired) electrons. The maximum atomic E-state index is 12.6. The van der Waals surface area contributed by atoms with Gasteiger partial charge in [0.15, 0.2) is 5.65 Å². The van der Waals surface area contributed by atoms with E-state index in [0.29, 0.717) is 30.2 Å². The fourth-order valence-electron chi connectivity index (χ4n) is 5.11. The molecule has 2 N–H and O–H groups in total. The molecule has 1 aromatic carbocycles. The van der Waals surface area contributed by atoms with Crippen LogP contribution in [0.3, 0.4) is 0 Å². The Kier molecular flexibility index (Phi) is 6.31. The summed E-state index contributed by atoms with van der Waals surface area (Å²) in [5.74, 6) is 0.731. The number of quaternary nitrogens is 1. The van der Waals surface area contributed by atoms with Crippen molar-refractivity contribution < 1.29 is 28.1 Å².